The van der Waals surface area contributed by atoms with Crippen molar-refractivity contribution in [3.05, 3.63) is 65.7 Å². The lowest BCUT2D eigenvalue weighted by molar-refractivity contribution is -0.118. The monoisotopic (exact) mass is 325 g/mol. The van der Waals surface area contributed by atoms with Gasteiger partial charge >= 0.3 is 0 Å². The van der Waals surface area contributed by atoms with Gasteiger partial charge in [-0.2, -0.15) is 0 Å². The van der Waals surface area contributed by atoms with Crippen molar-refractivity contribution >= 4 is 11.6 Å². The molecule has 0 aliphatic carbocycles. The zero-order valence-electron chi connectivity index (χ0n) is 14.3. The Morgan fingerprint density at radius 1 is 1.04 bits per heavy atom. The quantitative estimate of drug-likeness (QED) is 0.620. The molecule has 4 nitrogen and oxygen atoms in total. The summed E-state index contributed by atoms with van der Waals surface area (Å²) in [7, 11) is 0. The maximum absolute atomic E-state index is 12.6. The van der Waals surface area contributed by atoms with Crippen LogP contribution >= 0.6 is 0 Å². The molecule has 0 aliphatic heterocycles. The second-order valence-electron chi connectivity index (χ2n) is 6.06. The first-order chi connectivity index (χ1) is 11.7. The number of rotatable bonds is 9. The summed E-state index contributed by atoms with van der Waals surface area (Å²) in [5, 5.41) is 6.37. The van der Waals surface area contributed by atoms with Crippen LogP contribution < -0.4 is 16.4 Å². The van der Waals surface area contributed by atoms with E-state index in [0.29, 0.717) is 13.1 Å². The van der Waals surface area contributed by atoms with Gasteiger partial charge in [0.05, 0.1) is 6.04 Å². The van der Waals surface area contributed by atoms with Gasteiger partial charge in [-0.05, 0) is 44.0 Å². The summed E-state index contributed by atoms with van der Waals surface area (Å²) in [6.45, 7) is 3.36. The Labute approximate surface area is 144 Å². The van der Waals surface area contributed by atoms with Gasteiger partial charge in [0.15, 0.2) is 0 Å². The molecule has 0 bridgehead atoms. The molecule has 4 N–H and O–H groups in total. The van der Waals surface area contributed by atoms with Gasteiger partial charge in [-0.3, -0.25) is 4.79 Å². The number of aryl methyl sites for hydroxylation is 1. The van der Waals surface area contributed by atoms with Gasteiger partial charge < -0.3 is 16.4 Å². The van der Waals surface area contributed by atoms with Crippen molar-refractivity contribution in [2.45, 2.75) is 38.8 Å². The van der Waals surface area contributed by atoms with Gasteiger partial charge in [0.2, 0.25) is 5.91 Å². The molecule has 1 amide bonds. The third-order valence-corrected chi connectivity index (χ3v) is 3.98. The largest absolute Gasteiger partial charge is 0.330 e. The number of benzene rings is 2. The van der Waals surface area contributed by atoms with Crippen molar-refractivity contribution in [2.24, 2.45) is 5.73 Å². The summed E-state index contributed by atoms with van der Waals surface area (Å²) in [5.41, 5.74) is 8.75. The lowest BCUT2D eigenvalue weighted by atomic mass is 10.1. The number of carbonyl (C=O) groups is 1. The third kappa shape index (κ3) is 6.14. The molecule has 0 radical (unpaired) electrons. The molecule has 2 rings (SSSR count). The fourth-order valence-corrected chi connectivity index (χ4v) is 2.52. The second kappa shape index (κ2) is 9.85. The maximum atomic E-state index is 12.6. The highest BCUT2D eigenvalue weighted by Gasteiger charge is 2.17. The molecule has 128 valence electrons. The molecule has 0 aliphatic rings. The Morgan fingerprint density at radius 2 is 1.75 bits per heavy atom. The van der Waals surface area contributed by atoms with Crippen molar-refractivity contribution in [3.63, 3.8) is 0 Å². The van der Waals surface area contributed by atoms with E-state index >= 15 is 0 Å². The zero-order valence-corrected chi connectivity index (χ0v) is 14.3. The number of hydrogen-bond acceptors (Lipinski definition) is 3. The van der Waals surface area contributed by atoms with Crippen LogP contribution in [0.3, 0.4) is 0 Å². The summed E-state index contributed by atoms with van der Waals surface area (Å²) >= 11 is 0. The highest BCUT2D eigenvalue weighted by molar-refractivity contribution is 5.94. The minimum atomic E-state index is -0.224. The van der Waals surface area contributed by atoms with Crippen molar-refractivity contribution in [1.82, 2.24) is 5.32 Å². The fourth-order valence-electron chi connectivity index (χ4n) is 2.52. The van der Waals surface area contributed by atoms with Gasteiger partial charge in [0, 0.05) is 12.2 Å². The standard InChI is InChI=1S/C20H27N3O/c1-16-10-12-18(13-11-16)23-20(24)19(9-5-6-14-21)22-15-17-7-3-2-4-8-17/h2-4,7-8,10-13,19,22H,5-6,9,14-15,21H2,1H3,(H,23,24)/t19-/m0/s1. The second-order valence-corrected chi connectivity index (χ2v) is 6.06. The average Bonchev–Trinajstić information content (AvgIpc) is 2.61. The van der Waals surface area contributed by atoms with Crippen LogP contribution in [0.4, 0.5) is 5.69 Å². The first kappa shape index (κ1) is 18.2. The topological polar surface area (TPSA) is 67.2 Å². The van der Waals surface area contributed by atoms with Crippen molar-refractivity contribution in [3.8, 4) is 0 Å². The summed E-state index contributed by atoms with van der Waals surface area (Å²) in [4.78, 5) is 12.6. The molecular weight excluding hydrogens is 298 g/mol. The van der Waals surface area contributed by atoms with Crippen molar-refractivity contribution in [2.75, 3.05) is 11.9 Å². The maximum Gasteiger partial charge on any atom is 0.241 e. The van der Waals surface area contributed by atoms with Crippen LogP contribution in [0, 0.1) is 6.92 Å². The lowest BCUT2D eigenvalue weighted by Crippen LogP contribution is -2.40. The molecule has 0 unspecified atom stereocenters. The van der Waals surface area contributed by atoms with Crippen LogP contribution in [0.2, 0.25) is 0 Å². The van der Waals surface area contributed by atoms with Gasteiger partial charge in [-0.15, -0.1) is 0 Å². The fraction of sp³-hybridized carbons (Fsp3) is 0.350. The first-order valence-electron chi connectivity index (χ1n) is 8.54. The highest BCUT2D eigenvalue weighted by atomic mass is 16.2. The van der Waals surface area contributed by atoms with Gasteiger partial charge in [0.25, 0.3) is 0 Å². The molecule has 2 aromatic rings. The predicted octanol–water partition coefficient (Wildman–Crippen LogP) is 3.22. The molecule has 4 heteroatoms. The van der Waals surface area contributed by atoms with Gasteiger partial charge in [-0.1, -0.05) is 54.4 Å². The number of amides is 1. The summed E-state index contributed by atoms with van der Waals surface area (Å²) < 4.78 is 0. The van der Waals surface area contributed by atoms with Crippen LogP contribution in [0.5, 0.6) is 0 Å². The molecule has 0 spiro atoms. The van der Waals surface area contributed by atoms with E-state index in [-0.39, 0.29) is 11.9 Å². The van der Waals surface area contributed by atoms with E-state index in [1.165, 1.54) is 11.1 Å². The van der Waals surface area contributed by atoms with Crippen molar-refractivity contribution < 1.29 is 4.79 Å². The molecule has 24 heavy (non-hydrogen) atoms. The molecular formula is C20H27N3O. The third-order valence-electron chi connectivity index (χ3n) is 3.98. The normalized spacial score (nSPS) is 11.9. The van der Waals surface area contributed by atoms with E-state index in [2.05, 4.69) is 22.8 Å². The average molecular weight is 325 g/mol. The molecule has 0 saturated carbocycles. The SMILES string of the molecule is Cc1ccc(NC(=O)[C@H](CCCCN)NCc2ccccc2)cc1. The molecule has 1 atom stereocenters. The number of carbonyl (C=O) groups excluding carboxylic acids is 1. The van der Waals surface area contributed by atoms with Crippen LogP contribution in [0.1, 0.15) is 30.4 Å². The van der Waals surface area contributed by atoms with E-state index in [9.17, 15) is 4.79 Å². The Bertz CT molecular complexity index is 611. The zero-order chi connectivity index (χ0) is 17.2. The molecule has 2 aromatic carbocycles. The Balaban J connectivity index is 1.95. The molecule has 0 fully saturated rings. The van der Waals surface area contributed by atoms with E-state index in [4.69, 9.17) is 5.73 Å². The minimum absolute atomic E-state index is 0.00630. The van der Waals surface area contributed by atoms with Gasteiger partial charge in [0.1, 0.15) is 0 Å². The number of nitrogens with two attached hydrogens (primary N) is 1. The molecule has 0 aromatic heterocycles. The Kier molecular flexibility index (Phi) is 7.46. The summed E-state index contributed by atoms with van der Waals surface area (Å²) in [6.07, 6.45) is 2.65. The highest BCUT2D eigenvalue weighted by Crippen LogP contribution is 2.11. The van der Waals surface area contributed by atoms with E-state index in [1.54, 1.807) is 0 Å². The van der Waals surface area contributed by atoms with E-state index < -0.39 is 0 Å². The molecule has 0 saturated heterocycles. The minimum Gasteiger partial charge on any atom is -0.330 e. The Hall–Kier alpha value is -2.17. The first-order valence-corrected chi connectivity index (χ1v) is 8.54. The van der Waals surface area contributed by atoms with Crippen LogP contribution in [-0.2, 0) is 11.3 Å². The van der Waals surface area contributed by atoms with Crippen LogP contribution in [0.25, 0.3) is 0 Å². The van der Waals surface area contributed by atoms with Crippen LogP contribution in [0.15, 0.2) is 54.6 Å². The summed E-state index contributed by atoms with van der Waals surface area (Å²) in [6, 6.07) is 17.8. The molecule has 0 heterocycles. The smallest absolute Gasteiger partial charge is 0.241 e. The van der Waals surface area contributed by atoms with Gasteiger partial charge in [-0.25, -0.2) is 0 Å². The number of anilines is 1. The van der Waals surface area contributed by atoms with E-state index in [0.717, 1.165) is 24.9 Å². The lowest BCUT2D eigenvalue weighted by Gasteiger charge is -2.18. The number of nitrogens with one attached hydrogen (secondary N) is 2. The van der Waals surface area contributed by atoms with Crippen LogP contribution in [-0.4, -0.2) is 18.5 Å². The van der Waals surface area contributed by atoms with Crippen molar-refractivity contribution in [1.29, 1.82) is 0 Å². The number of hydrogen-bond donors (Lipinski definition) is 3. The summed E-state index contributed by atoms with van der Waals surface area (Å²) in [5.74, 6) is 0.00630. The Morgan fingerprint density at radius 3 is 2.42 bits per heavy atom. The predicted molar refractivity (Wildman–Crippen MR) is 99.8 cm³/mol. The number of unbranched alkanes of at least 4 members (excludes halogenated alkanes) is 1. The van der Waals surface area contributed by atoms with E-state index in [1.807, 2.05) is 49.4 Å².